The van der Waals surface area contributed by atoms with Gasteiger partial charge in [0.05, 0.1) is 27.6 Å². The second-order valence-corrected chi connectivity index (χ2v) is 15.1. The second kappa shape index (κ2) is 11.8. The highest BCUT2D eigenvalue weighted by atomic mass is 16.5. The van der Waals surface area contributed by atoms with Crippen molar-refractivity contribution in [2.45, 2.75) is 39.5 Å². The molecule has 264 valence electrons. The first-order valence-corrected chi connectivity index (χ1v) is 18.9. The lowest BCUT2D eigenvalue weighted by molar-refractivity contribution is 0.484. The average Bonchev–Trinajstić information content (AvgIpc) is 3.81. The first kappa shape index (κ1) is 31.6. The van der Waals surface area contributed by atoms with Gasteiger partial charge in [0.1, 0.15) is 28.3 Å². The summed E-state index contributed by atoms with van der Waals surface area (Å²) in [4.78, 5) is 19.8. The molecule has 0 saturated heterocycles. The van der Waals surface area contributed by atoms with Crippen LogP contribution in [0.4, 0.5) is 0 Å². The van der Waals surface area contributed by atoms with E-state index in [1.165, 1.54) is 27.6 Å². The fraction of sp³-hybridized carbons (Fsp3) is 0.125. The summed E-state index contributed by atoms with van der Waals surface area (Å²) in [6.45, 7) is 9.14. The zero-order chi connectivity index (χ0) is 36.9. The molecular formula is C48H36N6O. The Morgan fingerprint density at radius 3 is 1.75 bits per heavy atom. The molecule has 0 radical (unpaired) electrons. The molecule has 0 atom stereocenters. The molecule has 55 heavy (non-hydrogen) atoms. The Balaban J connectivity index is 1.11. The van der Waals surface area contributed by atoms with E-state index in [0.29, 0.717) is 17.6 Å². The van der Waals surface area contributed by atoms with Crippen LogP contribution in [0.1, 0.15) is 50.7 Å². The number of pyridine rings is 2. The fourth-order valence-corrected chi connectivity index (χ4v) is 8.66. The van der Waals surface area contributed by atoms with Gasteiger partial charge in [0.25, 0.3) is 0 Å². The van der Waals surface area contributed by atoms with Gasteiger partial charge in [-0.1, -0.05) is 82.3 Å². The van der Waals surface area contributed by atoms with E-state index in [-0.39, 0.29) is 0 Å². The molecule has 11 rings (SSSR count). The number of imidazole rings is 2. The first-order valence-electron chi connectivity index (χ1n) is 18.9. The van der Waals surface area contributed by atoms with Crippen molar-refractivity contribution in [2.24, 2.45) is 0 Å². The van der Waals surface area contributed by atoms with Gasteiger partial charge < -0.3 is 4.74 Å². The molecule has 0 aliphatic heterocycles. The Morgan fingerprint density at radius 1 is 0.473 bits per heavy atom. The Hall–Kier alpha value is -6.86. The second-order valence-electron chi connectivity index (χ2n) is 15.1. The summed E-state index contributed by atoms with van der Waals surface area (Å²) in [6.07, 6.45) is 3.47. The van der Waals surface area contributed by atoms with E-state index < -0.39 is 0 Å². The van der Waals surface area contributed by atoms with E-state index in [0.717, 1.165) is 77.3 Å². The Bertz CT molecular complexity index is 3350. The van der Waals surface area contributed by atoms with Gasteiger partial charge in [-0.15, -0.1) is 0 Å². The standard InChI is InChI=1S/C48H36N6O/c1-27(2)32-10-9-11-33(28(3)4)44(32)29-16-19-35-34-20-17-30(25-37(34)46-51-39-12-5-7-14-41(39)53(46)43(35)24-29)55-31-18-21-36-38(26-31)47-52-40-13-6-8-15-42(40)54(47)48-45(36)49-22-23-50-48/h5-28H,1-4H3. The maximum atomic E-state index is 6.70. The third kappa shape index (κ3) is 4.69. The highest BCUT2D eigenvalue weighted by molar-refractivity contribution is 6.15. The van der Waals surface area contributed by atoms with Gasteiger partial charge in [-0.25, -0.2) is 15.0 Å². The van der Waals surface area contributed by atoms with E-state index in [1.54, 1.807) is 12.4 Å². The van der Waals surface area contributed by atoms with Crippen LogP contribution >= 0.6 is 0 Å². The summed E-state index contributed by atoms with van der Waals surface area (Å²) in [5, 5.41) is 5.26. The lowest BCUT2D eigenvalue weighted by Crippen LogP contribution is -2.00. The van der Waals surface area contributed by atoms with Crippen molar-refractivity contribution in [2.75, 3.05) is 0 Å². The molecule has 0 unspecified atom stereocenters. The van der Waals surface area contributed by atoms with Crippen LogP contribution in [-0.4, -0.2) is 28.7 Å². The zero-order valence-electron chi connectivity index (χ0n) is 30.9. The van der Waals surface area contributed by atoms with Crippen LogP contribution in [0.25, 0.3) is 88.1 Å². The van der Waals surface area contributed by atoms with E-state index >= 15 is 0 Å². The van der Waals surface area contributed by atoms with E-state index in [9.17, 15) is 0 Å². The SMILES string of the molecule is CC(C)c1cccc(C(C)C)c1-c1ccc2c3ccc(Oc4ccc5c(c4)c4nc6ccccc6n4c4nccnc54)cc3c3nc4ccccc4n3c2c1. The van der Waals surface area contributed by atoms with Crippen LogP contribution in [0.2, 0.25) is 0 Å². The number of aromatic nitrogens is 6. The number of ether oxygens (including phenoxy) is 1. The molecular weight excluding hydrogens is 677 g/mol. The summed E-state index contributed by atoms with van der Waals surface area (Å²) >= 11 is 0. The largest absolute Gasteiger partial charge is 0.457 e. The summed E-state index contributed by atoms with van der Waals surface area (Å²) in [5.74, 6) is 2.24. The van der Waals surface area contributed by atoms with Gasteiger partial charge >= 0.3 is 0 Å². The molecule has 0 N–H and O–H groups in total. The smallest absolute Gasteiger partial charge is 0.165 e. The zero-order valence-corrected chi connectivity index (χ0v) is 30.9. The van der Waals surface area contributed by atoms with Gasteiger partial charge in [-0.2, -0.15) is 0 Å². The number of rotatable bonds is 5. The number of para-hydroxylation sites is 4. The summed E-state index contributed by atoms with van der Waals surface area (Å²) in [5.41, 5.74) is 13.7. The minimum absolute atomic E-state index is 0.398. The Kier molecular flexibility index (Phi) is 6.80. The molecule has 5 heterocycles. The van der Waals surface area contributed by atoms with Crippen molar-refractivity contribution < 1.29 is 4.74 Å². The number of nitrogens with zero attached hydrogens (tertiary/aromatic N) is 6. The lowest BCUT2D eigenvalue weighted by Gasteiger charge is -2.21. The lowest BCUT2D eigenvalue weighted by atomic mass is 9.84. The van der Waals surface area contributed by atoms with Crippen LogP contribution < -0.4 is 4.74 Å². The van der Waals surface area contributed by atoms with Crippen LogP contribution in [0.5, 0.6) is 11.5 Å². The van der Waals surface area contributed by atoms with Gasteiger partial charge in [-0.3, -0.25) is 13.8 Å². The topological polar surface area (TPSA) is 69.6 Å². The number of fused-ring (bicyclic) bond motifs is 16. The van der Waals surface area contributed by atoms with Crippen LogP contribution in [0.15, 0.2) is 134 Å². The van der Waals surface area contributed by atoms with Crippen LogP contribution in [0, 0.1) is 0 Å². The molecule has 11 aromatic rings. The van der Waals surface area contributed by atoms with Crippen LogP contribution in [0.3, 0.4) is 0 Å². The minimum Gasteiger partial charge on any atom is -0.457 e. The summed E-state index contributed by atoms with van der Waals surface area (Å²) in [7, 11) is 0. The third-order valence-electron chi connectivity index (χ3n) is 11.2. The Morgan fingerprint density at radius 2 is 1.05 bits per heavy atom. The third-order valence-corrected chi connectivity index (χ3v) is 11.2. The number of hydrogen-bond donors (Lipinski definition) is 0. The van der Waals surface area contributed by atoms with Crippen molar-refractivity contribution in [3.8, 4) is 22.6 Å². The van der Waals surface area contributed by atoms with Gasteiger partial charge in [0.15, 0.2) is 5.65 Å². The normalized spacial score (nSPS) is 12.3. The van der Waals surface area contributed by atoms with Gasteiger partial charge in [0, 0.05) is 33.9 Å². The predicted octanol–water partition coefficient (Wildman–Crippen LogP) is 12.4. The molecule has 0 saturated carbocycles. The minimum atomic E-state index is 0.398. The fourth-order valence-electron chi connectivity index (χ4n) is 8.66. The molecule has 0 aliphatic rings. The van der Waals surface area contributed by atoms with Gasteiger partial charge in [0.2, 0.25) is 0 Å². The van der Waals surface area contributed by atoms with Crippen molar-refractivity contribution in [3.05, 3.63) is 145 Å². The quantitative estimate of drug-likeness (QED) is 0.166. The van der Waals surface area contributed by atoms with Crippen molar-refractivity contribution in [1.29, 1.82) is 0 Å². The average molecular weight is 713 g/mol. The summed E-state index contributed by atoms with van der Waals surface area (Å²) < 4.78 is 11.1. The van der Waals surface area contributed by atoms with Gasteiger partial charge in [-0.05, 0) is 106 Å². The van der Waals surface area contributed by atoms with E-state index in [4.69, 9.17) is 24.7 Å². The molecule has 6 aromatic carbocycles. The summed E-state index contributed by atoms with van der Waals surface area (Å²) in [6, 6.07) is 42.8. The number of benzene rings is 6. The maximum Gasteiger partial charge on any atom is 0.165 e. The Labute approximate surface area is 316 Å². The highest BCUT2D eigenvalue weighted by Crippen LogP contribution is 2.41. The predicted molar refractivity (Wildman–Crippen MR) is 225 cm³/mol. The van der Waals surface area contributed by atoms with E-state index in [1.807, 2.05) is 24.3 Å². The molecule has 0 amide bonds. The molecule has 0 bridgehead atoms. The molecule has 7 heteroatoms. The van der Waals surface area contributed by atoms with Crippen molar-refractivity contribution >= 4 is 77.0 Å². The molecule has 0 spiro atoms. The molecule has 7 nitrogen and oxygen atoms in total. The molecule has 0 aliphatic carbocycles. The number of hydrogen-bond acceptors (Lipinski definition) is 5. The van der Waals surface area contributed by atoms with Crippen LogP contribution in [-0.2, 0) is 0 Å². The van der Waals surface area contributed by atoms with E-state index in [2.05, 4.69) is 134 Å². The maximum absolute atomic E-state index is 6.70. The molecule has 0 fully saturated rings. The van der Waals surface area contributed by atoms with Crippen molar-refractivity contribution in [3.63, 3.8) is 0 Å². The highest BCUT2D eigenvalue weighted by Gasteiger charge is 2.20. The first-order chi connectivity index (χ1) is 26.9. The monoisotopic (exact) mass is 712 g/mol. The molecule has 5 aromatic heterocycles. The van der Waals surface area contributed by atoms with Crippen molar-refractivity contribution in [1.82, 2.24) is 28.7 Å².